The van der Waals surface area contributed by atoms with Crippen LogP contribution in [0, 0.1) is 0 Å². The summed E-state index contributed by atoms with van der Waals surface area (Å²) in [5, 5.41) is 9.65. The van der Waals surface area contributed by atoms with Crippen molar-refractivity contribution in [3.05, 3.63) is 0 Å². The van der Waals surface area contributed by atoms with E-state index in [1.165, 1.54) is 109 Å². The lowest BCUT2D eigenvalue weighted by molar-refractivity contribution is -0.151. The highest BCUT2D eigenvalue weighted by molar-refractivity contribution is 5.69. The molecule has 0 aliphatic heterocycles. The van der Waals surface area contributed by atoms with Gasteiger partial charge in [-0.25, -0.2) is 0 Å². The van der Waals surface area contributed by atoms with Crippen LogP contribution in [-0.2, 0) is 19.1 Å². The van der Waals surface area contributed by atoms with E-state index in [2.05, 4.69) is 25.7 Å². The predicted molar refractivity (Wildman–Crippen MR) is 242 cm³/mol. The fourth-order valence-corrected chi connectivity index (χ4v) is 8.04. The van der Waals surface area contributed by atoms with Gasteiger partial charge in [-0.15, -0.1) is 0 Å². The predicted octanol–water partition coefficient (Wildman–Crippen LogP) is 15.0. The minimum atomic E-state index is -0.207. The Labute approximate surface area is 354 Å². The van der Waals surface area contributed by atoms with Gasteiger partial charge in [-0.3, -0.25) is 14.0 Å². The Hall–Kier alpha value is -1.21. The molecule has 7 heteroatoms. The van der Waals surface area contributed by atoms with Crippen LogP contribution >= 0.6 is 0 Å². The zero-order valence-corrected chi connectivity index (χ0v) is 38.5. The molecule has 0 aliphatic rings. The molecule has 0 aromatic heterocycles. The molecule has 0 fully saturated rings. The third kappa shape index (κ3) is 41.3. The molecule has 340 valence electrons. The van der Waals surface area contributed by atoms with E-state index in [1.807, 2.05) is 0 Å². The second-order valence-corrected chi connectivity index (χ2v) is 17.4. The molecule has 1 atom stereocenters. The van der Waals surface area contributed by atoms with Crippen molar-refractivity contribution in [1.29, 1.82) is 0 Å². The van der Waals surface area contributed by atoms with Gasteiger partial charge in [0.15, 0.2) is 0 Å². The van der Waals surface area contributed by atoms with E-state index in [4.69, 9.17) is 9.47 Å². The van der Waals surface area contributed by atoms with Gasteiger partial charge in [-0.1, -0.05) is 168 Å². The third-order valence-electron chi connectivity index (χ3n) is 11.8. The zero-order chi connectivity index (χ0) is 41.7. The number of hydrogen-bond donors (Lipinski definition) is 1. The minimum absolute atomic E-state index is 0.0145. The van der Waals surface area contributed by atoms with Crippen molar-refractivity contribution >= 4 is 11.9 Å². The van der Waals surface area contributed by atoms with Crippen LogP contribution in [0.25, 0.3) is 0 Å². The maximum atomic E-state index is 12.8. The molecular weight excluding hydrogens is 714 g/mol. The molecule has 0 heterocycles. The lowest BCUT2D eigenvalue weighted by Gasteiger charge is -2.21. The Balaban J connectivity index is 4.31. The molecule has 1 unspecified atom stereocenters. The number of aliphatic hydroxyl groups excluding tert-OH is 1. The Bertz CT molecular complexity index is 813. The molecule has 0 saturated heterocycles. The summed E-state index contributed by atoms with van der Waals surface area (Å²) in [6.07, 6.45) is 42.2. The third-order valence-corrected chi connectivity index (χ3v) is 11.8. The van der Waals surface area contributed by atoms with Crippen LogP contribution in [0.3, 0.4) is 0 Å². The Morgan fingerprint density at radius 1 is 0.421 bits per heavy atom. The zero-order valence-electron chi connectivity index (χ0n) is 38.5. The van der Waals surface area contributed by atoms with Crippen molar-refractivity contribution in [3.8, 4) is 0 Å². The number of halogens is 1. The molecule has 0 radical (unpaired) electrons. The molecule has 0 amide bonds. The number of hydrogen-bond acceptors (Lipinski definition) is 6. The minimum Gasteiger partial charge on any atom is -0.462 e. The molecular formula is C50H98FNO5. The van der Waals surface area contributed by atoms with E-state index in [0.29, 0.717) is 25.8 Å². The molecule has 0 saturated carbocycles. The van der Waals surface area contributed by atoms with E-state index in [1.54, 1.807) is 0 Å². The first kappa shape index (κ1) is 55.8. The normalized spacial score (nSPS) is 12.2. The average Bonchev–Trinajstić information content (AvgIpc) is 3.20. The first-order valence-electron chi connectivity index (χ1n) is 25.3. The van der Waals surface area contributed by atoms with Crippen molar-refractivity contribution in [2.24, 2.45) is 0 Å². The lowest BCUT2D eigenvalue weighted by atomic mass is 10.0. The van der Waals surface area contributed by atoms with Gasteiger partial charge in [0.2, 0.25) is 0 Å². The first-order chi connectivity index (χ1) is 28.0. The smallest absolute Gasteiger partial charge is 0.306 e. The number of unbranched alkanes of at least 4 members (excludes halogenated alkanes) is 26. The van der Waals surface area contributed by atoms with Crippen molar-refractivity contribution in [1.82, 2.24) is 4.90 Å². The Kier molecular flexibility index (Phi) is 44.9. The highest BCUT2D eigenvalue weighted by Crippen LogP contribution is 2.20. The quantitative estimate of drug-likeness (QED) is 0.0487. The molecule has 0 aromatic carbocycles. The van der Waals surface area contributed by atoms with E-state index >= 15 is 0 Å². The lowest BCUT2D eigenvalue weighted by Crippen LogP contribution is -2.29. The Morgan fingerprint density at radius 2 is 0.719 bits per heavy atom. The number of ether oxygens (including phenoxy) is 2. The monoisotopic (exact) mass is 812 g/mol. The summed E-state index contributed by atoms with van der Waals surface area (Å²) in [6.45, 7) is 9.37. The molecule has 0 aromatic rings. The van der Waals surface area contributed by atoms with Crippen LogP contribution in [0.15, 0.2) is 0 Å². The van der Waals surface area contributed by atoms with Gasteiger partial charge < -0.3 is 19.5 Å². The summed E-state index contributed by atoms with van der Waals surface area (Å²) in [5.41, 5.74) is 0. The van der Waals surface area contributed by atoms with Crippen molar-refractivity contribution in [2.75, 3.05) is 32.9 Å². The molecule has 0 rings (SSSR count). The van der Waals surface area contributed by atoms with E-state index < -0.39 is 0 Å². The topological polar surface area (TPSA) is 76.1 Å². The van der Waals surface area contributed by atoms with E-state index in [9.17, 15) is 19.1 Å². The van der Waals surface area contributed by atoms with Crippen molar-refractivity contribution < 1.29 is 28.6 Å². The van der Waals surface area contributed by atoms with Crippen LogP contribution in [0.5, 0.6) is 0 Å². The molecule has 0 spiro atoms. The van der Waals surface area contributed by atoms with Gasteiger partial charge in [0.25, 0.3) is 0 Å². The number of rotatable bonds is 47. The molecule has 0 aliphatic carbocycles. The van der Waals surface area contributed by atoms with Crippen LogP contribution in [-0.4, -0.2) is 67.1 Å². The maximum Gasteiger partial charge on any atom is 0.306 e. The van der Waals surface area contributed by atoms with Gasteiger partial charge in [-0.2, -0.15) is 0 Å². The average molecular weight is 812 g/mol. The SMILES string of the molecule is CCCCCCCCC(CCCCCCCCF)OC(=O)CCCCCCCN(CCO)CCCCCC(=O)OC(CCCCCCCC)CCCCCCCC. The summed E-state index contributed by atoms with van der Waals surface area (Å²) in [7, 11) is 0. The summed E-state index contributed by atoms with van der Waals surface area (Å²) in [6, 6.07) is 0. The van der Waals surface area contributed by atoms with Crippen molar-refractivity contribution in [2.45, 2.75) is 277 Å². The molecule has 1 N–H and O–H groups in total. The van der Waals surface area contributed by atoms with Crippen LogP contribution in [0.1, 0.15) is 265 Å². The maximum absolute atomic E-state index is 12.8. The summed E-state index contributed by atoms with van der Waals surface area (Å²) in [4.78, 5) is 27.9. The number of nitrogens with zero attached hydrogens (tertiary/aromatic N) is 1. The van der Waals surface area contributed by atoms with Crippen LogP contribution < -0.4 is 0 Å². The van der Waals surface area contributed by atoms with E-state index in [-0.39, 0.29) is 37.4 Å². The number of esters is 2. The van der Waals surface area contributed by atoms with Crippen LogP contribution in [0.4, 0.5) is 4.39 Å². The van der Waals surface area contributed by atoms with Gasteiger partial charge in [0.05, 0.1) is 13.3 Å². The second kappa shape index (κ2) is 45.9. The molecule has 6 nitrogen and oxygen atoms in total. The number of alkyl halides is 1. The van der Waals surface area contributed by atoms with Gasteiger partial charge in [0.1, 0.15) is 12.2 Å². The number of carbonyl (C=O) groups excluding carboxylic acids is 2. The number of carbonyl (C=O) groups is 2. The summed E-state index contributed by atoms with van der Waals surface area (Å²) < 4.78 is 24.4. The Morgan fingerprint density at radius 3 is 1.07 bits per heavy atom. The summed E-state index contributed by atoms with van der Waals surface area (Å²) >= 11 is 0. The fraction of sp³-hybridized carbons (Fsp3) is 0.960. The van der Waals surface area contributed by atoms with Gasteiger partial charge in [0, 0.05) is 19.4 Å². The van der Waals surface area contributed by atoms with Gasteiger partial charge >= 0.3 is 11.9 Å². The fourth-order valence-electron chi connectivity index (χ4n) is 8.04. The highest BCUT2D eigenvalue weighted by Gasteiger charge is 2.16. The highest BCUT2D eigenvalue weighted by atomic mass is 19.1. The summed E-state index contributed by atoms with van der Waals surface area (Å²) in [5.74, 6) is -0.0446. The molecule has 0 bridgehead atoms. The number of aliphatic hydroxyl groups is 1. The first-order valence-corrected chi connectivity index (χ1v) is 25.3. The largest absolute Gasteiger partial charge is 0.462 e. The van der Waals surface area contributed by atoms with E-state index in [0.717, 1.165) is 129 Å². The van der Waals surface area contributed by atoms with Gasteiger partial charge in [-0.05, 0) is 96.6 Å². The standard InChI is InChI=1S/C50H98FNO5/c1-4-7-10-13-19-27-36-47(37-28-20-14-11-8-5-2)57-50(55)41-32-26-35-44-52(45-46-53)43-34-25-18-23-31-40-49(54)56-48(38-29-21-15-12-9-6-3)39-30-22-16-17-24-33-42-51/h47-48,53H,4-46H2,1-3H3. The second-order valence-electron chi connectivity index (χ2n) is 17.4. The van der Waals surface area contributed by atoms with Crippen molar-refractivity contribution in [3.63, 3.8) is 0 Å². The van der Waals surface area contributed by atoms with Crippen LogP contribution in [0.2, 0.25) is 0 Å². The molecule has 57 heavy (non-hydrogen) atoms.